The molecule has 0 unspecified atom stereocenters. The zero-order chi connectivity index (χ0) is 18.0. The van der Waals surface area contributed by atoms with E-state index in [1.54, 1.807) is 0 Å². The van der Waals surface area contributed by atoms with Gasteiger partial charge < -0.3 is 15.0 Å². The Labute approximate surface area is 155 Å². The molecule has 1 aromatic carbocycles. The number of nitrogens with zero attached hydrogens (tertiary/aromatic N) is 3. The van der Waals surface area contributed by atoms with E-state index >= 15 is 0 Å². The lowest BCUT2D eigenvalue weighted by Gasteiger charge is -2.16. The molecule has 1 saturated heterocycles. The van der Waals surface area contributed by atoms with Crippen LogP contribution in [0.25, 0.3) is 0 Å². The summed E-state index contributed by atoms with van der Waals surface area (Å²) in [5.41, 5.74) is 2.38. The molecule has 5 nitrogen and oxygen atoms in total. The molecule has 0 radical (unpaired) electrons. The smallest absolute Gasteiger partial charge is 0.128 e. The van der Waals surface area contributed by atoms with Gasteiger partial charge in [0.1, 0.15) is 11.6 Å². The van der Waals surface area contributed by atoms with Crippen molar-refractivity contribution in [3.8, 4) is 11.8 Å². The number of rotatable bonds is 9. The Bertz CT molecular complexity index is 718. The first kappa shape index (κ1) is 18.2. The summed E-state index contributed by atoms with van der Waals surface area (Å²) in [5.74, 6) is 1.95. The van der Waals surface area contributed by atoms with Crippen molar-refractivity contribution in [2.75, 3.05) is 24.6 Å². The highest BCUT2D eigenvalue weighted by atomic mass is 16.5. The van der Waals surface area contributed by atoms with Crippen LogP contribution >= 0.6 is 0 Å². The predicted octanol–water partition coefficient (Wildman–Crippen LogP) is 3.65. The molecule has 1 aromatic heterocycles. The fraction of sp³-hybridized carbons (Fsp3) is 0.429. The Hall–Kier alpha value is -2.58. The van der Waals surface area contributed by atoms with Crippen LogP contribution in [0.3, 0.4) is 0 Å². The van der Waals surface area contributed by atoms with Gasteiger partial charge in [-0.05, 0) is 48.6 Å². The Morgan fingerprint density at radius 1 is 1.12 bits per heavy atom. The lowest BCUT2D eigenvalue weighted by atomic mass is 10.2. The average Bonchev–Trinajstić information content (AvgIpc) is 3.21. The molecule has 0 atom stereocenters. The molecule has 1 fully saturated rings. The third-order valence-corrected chi connectivity index (χ3v) is 4.50. The molecule has 3 rings (SSSR count). The predicted molar refractivity (Wildman–Crippen MR) is 103 cm³/mol. The van der Waals surface area contributed by atoms with E-state index in [1.165, 1.54) is 24.0 Å². The SMILES string of the molecule is N#CCCCOc1cccc(CNCc2ccc(N3CCCC3)nc2)c1. The molecule has 2 aromatic rings. The summed E-state index contributed by atoms with van der Waals surface area (Å²) < 4.78 is 5.68. The topological polar surface area (TPSA) is 61.2 Å². The Balaban J connectivity index is 1.43. The fourth-order valence-corrected chi connectivity index (χ4v) is 3.09. The van der Waals surface area contributed by atoms with Gasteiger partial charge in [-0.15, -0.1) is 0 Å². The van der Waals surface area contributed by atoms with Gasteiger partial charge in [0, 0.05) is 38.8 Å². The molecule has 1 N–H and O–H groups in total. The van der Waals surface area contributed by atoms with Crippen molar-refractivity contribution in [2.45, 2.75) is 38.8 Å². The van der Waals surface area contributed by atoms with Crippen LogP contribution in [0.2, 0.25) is 0 Å². The monoisotopic (exact) mass is 350 g/mol. The maximum atomic E-state index is 8.55. The molecule has 0 saturated carbocycles. The fourth-order valence-electron chi connectivity index (χ4n) is 3.09. The molecule has 0 amide bonds. The molecular weight excluding hydrogens is 324 g/mol. The molecular formula is C21H26N4O. The third kappa shape index (κ3) is 5.47. The van der Waals surface area contributed by atoms with E-state index in [0.29, 0.717) is 13.0 Å². The molecule has 0 aliphatic carbocycles. The molecule has 1 aliphatic heterocycles. The number of nitriles is 1. The highest BCUT2D eigenvalue weighted by Crippen LogP contribution is 2.18. The molecule has 136 valence electrons. The van der Waals surface area contributed by atoms with Gasteiger partial charge in [-0.3, -0.25) is 0 Å². The minimum Gasteiger partial charge on any atom is -0.494 e. The van der Waals surface area contributed by atoms with Crippen LogP contribution in [0, 0.1) is 11.3 Å². The second kappa shape index (κ2) is 9.79. The lowest BCUT2D eigenvalue weighted by molar-refractivity contribution is 0.312. The van der Waals surface area contributed by atoms with E-state index in [4.69, 9.17) is 10.00 Å². The third-order valence-electron chi connectivity index (χ3n) is 4.50. The summed E-state index contributed by atoms with van der Waals surface area (Å²) in [7, 11) is 0. The number of hydrogen-bond acceptors (Lipinski definition) is 5. The minimum absolute atomic E-state index is 0.534. The number of aromatic nitrogens is 1. The zero-order valence-corrected chi connectivity index (χ0v) is 15.2. The Morgan fingerprint density at radius 3 is 2.73 bits per heavy atom. The zero-order valence-electron chi connectivity index (χ0n) is 15.2. The van der Waals surface area contributed by atoms with E-state index in [9.17, 15) is 0 Å². The normalized spacial score (nSPS) is 13.6. The van der Waals surface area contributed by atoms with Gasteiger partial charge in [0.25, 0.3) is 0 Å². The van der Waals surface area contributed by atoms with E-state index in [-0.39, 0.29) is 0 Å². The van der Waals surface area contributed by atoms with Crippen LogP contribution in [0.5, 0.6) is 5.75 Å². The number of nitrogens with one attached hydrogen (secondary N) is 1. The maximum absolute atomic E-state index is 8.55. The summed E-state index contributed by atoms with van der Waals surface area (Å²) >= 11 is 0. The van der Waals surface area contributed by atoms with Crippen LogP contribution in [0.4, 0.5) is 5.82 Å². The summed E-state index contributed by atoms with van der Waals surface area (Å²) in [5, 5.41) is 12.0. The standard InChI is InChI=1S/C21H26N4O/c22-10-1-4-13-26-20-7-5-6-18(14-20)15-23-16-19-8-9-21(24-17-19)25-11-2-3-12-25/h5-9,14,17,23H,1-4,11-13,15-16H2. The van der Waals surface area contributed by atoms with Gasteiger partial charge in [0.15, 0.2) is 0 Å². The van der Waals surface area contributed by atoms with Crippen LogP contribution in [-0.4, -0.2) is 24.7 Å². The Morgan fingerprint density at radius 2 is 1.96 bits per heavy atom. The number of ether oxygens (including phenoxy) is 1. The largest absolute Gasteiger partial charge is 0.494 e. The van der Waals surface area contributed by atoms with Gasteiger partial charge in [-0.25, -0.2) is 4.98 Å². The van der Waals surface area contributed by atoms with Crippen molar-refractivity contribution in [1.82, 2.24) is 10.3 Å². The van der Waals surface area contributed by atoms with Crippen molar-refractivity contribution < 1.29 is 4.74 Å². The first-order chi connectivity index (χ1) is 12.8. The van der Waals surface area contributed by atoms with Crippen molar-refractivity contribution in [1.29, 1.82) is 5.26 Å². The highest BCUT2D eigenvalue weighted by molar-refractivity contribution is 5.40. The number of unbranched alkanes of at least 4 members (excludes halogenated alkanes) is 1. The summed E-state index contributed by atoms with van der Waals surface area (Å²) in [6, 6.07) is 14.5. The second-order valence-electron chi connectivity index (χ2n) is 6.58. The molecule has 26 heavy (non-hydrogen) atoms. The van der Waals surface area contributed by atoms with Crippen molar-refractivity contribution in [3.63, 3.8) is 0 Å². The van der Waals surface area contributed by atoms with E-state index in [0.717, 1.165) is 44.2 Å². The van der Waals surface area contributed by atoms with E-state index < -0.39 is 0 Å². The Kier molecular flexibility index (Phi) is 6.86. The molecule has 2 heterocycles. The molecule has 0 spiro atoms. The first-order valence-electron chi connectivity index (χ1n) is 9.34. The average molecular weight is 350 g/mol. The minimum atomic E-state index is 0.534. The van der Waals surface area contributed by atoms with Crippen molar-refractivity contribution in [3.05, 3.63) is 53.7 Å². The van der Waals surface area contributed by atoms with Crippen molar-refractivity contribution >= 4 is 5.82 Å². The van der Waals surface area contributed by atoms with E-state index in [2.05, 4.69) is 39.5 Å². The quantitative estimate of drug-likeness (QED) is 0.700. The number of benzene rings is 1. The second-order valence-corrected chi connectivity index (χ2v) is 6.58. The van der Waals surface area contributed by atoms with Gasteiger partial charge >= 0.3 is 0 Å². The molecule has 1 aliphatic rings. The number of pyridine rings is 1. The number of hydrogen-bond donors (Lipinski definition) is 1. The summed E-state index contributed by atoms with van der Waals surface area (Å²) in [4.78, 5) is 6.94. The number of anilines is 1. The summed E-state index contributed by atoms with van der Waals surface area (Å²) in [6.45, 7) is 4.41. The van der Waals surface area contributed by atoms with Crippen LogP contribution < -0.4 is 15.0 Å². The maximum Gasteiger partial charge on any atom is 0.128 e. The highest BCUT2D eigenvalue weighted by Gasteiger charge is 2.12. The molecule has 5 heteroatoms. The molecule has 0 bridgehead atoms. The van der Waals surface area contributed by atoms with Gasteiger partial charge in [0.2, 0.25) is 0 Å². The van der Waals surface area contributed by atoms with Crippen LogP contribution in [-0.2, 0) is 13.1 Å². The van der Waals surface area contributed by atoms with Crippen LogP contribution in [0.1, 0.15) is 36.8 Å². The van der Waals surface area contributed by atoms with Gasteiger partial charge in [-0.1, -0.05) is 18.2 Å². The summed E-state index contributed by atoms with van der Waals surface area (Å²) in [6.07, 6.45) is 5.80. The van der Waals surface area contributed by atoms with E-state index in [1.807, 2.05) is 24.4 Å². The van der Waals surface area contributed by atoms with Gasteiger partial charge in [-0.2, -0.15) is 5.26 Å². The lowest BCUT2D eigenvalue weighted by Crippen LogP contribution is -2.19. The van der Waals surface area contributed by atoms with Crippen molar-refractivity contribution in [2.24, 2.45) is 0 Å². The van der Waals surface area contributed by atoms with Crippen LogP contribution in [0.15, 0.2) is 42.6 Å². The van der Waals surface area contributed by atoms with Gasteiger partial charge in [0.05, 0.1) is 12.7 Å². The first-order valence-corrected chi connectivity index (χ1v) is 9.34.